The van der Waals surface area contributed by atoms with E-state index in [2.05, 4.69) is 21.3 Å². The molecule has 0 aliphatic rings. The molecule has 210 valence electrons. The van der Waals surface area contributed by atoms with Gasteiger partial charge in [0.15, 0.2) is 0 Å². The van der Waals surface area contributed by atoms with Crippen LogP contribution in [0.4, 0.5) is 8.78 Å². The molecule has 0 bridgehead atoms. The minimum absolute atomic E-state index is 0.123. The molecule has 12 heteroatoms. The summed E-state index contributed by atoms with van der Waals surface area (Å²) < 4.78 is 28.4. The lowest BCUT2D eigenvalue weighted by Gasteiger charge is -2.23. The number of nitrogens with one attached hydrogen (secondary N) is 4. The standard InChI is InChI=1S/C27H32F2N4O6/c1-27(2,3)33-23(35)15-21(32-22(34)10-11-24(36)37)26(39)31-13-12-30-25(38)18-14-16(8-9-20(18)29)17-6-4-5-7-19(17)28/h4-9,14,21H,10-13,15H2,1-3H3,(H,30,38)(H,31,39)(H,32,34)(H,33,35)(H,36,37). The van der Waals surface area contributed by atoms with Crippen LogP contribution < -0.4 is 21.3 Å². The summed E-state index contributed by atoms with van der Waals surface area (Å²) in [5, 5.41) is 18.7. The summed E-state index contributed by atoms with van der Waals surface area (Å²) in [5.41, 5.74) is -0.396. The zero-order valence-corrected chi connectivity index (χ0v) is 21.9. The van der Waals surface area contributed by atoms with Crippen LogP contribution in [-0.4, -0.2) is 59.4 Å². The van der Waals surface area contributed by atoms with Crippen molar-refractivity contribution >= 4 is 29.6 Å². The molecule has 0 aliphatic carbocycles. The predicted octanol–water partition coefficient (Wildman–Crippen LogP) is 2.13. The molecule has 0 saturated carbocycles. The van der Waals surface area contributed by atoms with Crippen molar-refractivity contribution in [1.29, 1.82) is 0 Å². The fourth-order valence-corrected chi connectivity index (χ4v) is 3.49. The van der Waals surface area contributed by atoms with Crippen LogP contribution in [-0.2, 0) is 19.2 Å². The van der Waals surface area contributed by atoms with Gasteiger partial charge in [-0.1, -0.05) is 24.3 Å². The Labute approximate surface area is 224 Å². The normalized spacial score (nSPS) is 11.7. The van der Waals surface area contributed by atoms with Crippen molar-refractivity contribution in [3.63, 3.8) is 0 Å². The molecule has 5 N–H and O–H groups in total. The van der Waals surface area contributed by atoms with Crippen LogP contribution in [0.15, 0.2) is 42.5 Å². The quantitative estimate of drug-likeness (QED) is 0.257. The molecule has 0 radical (unpaired) electrons. The second-order valence-corrected chi connectivity index (χ2v) is 9.74. The molecular formula is C27H32F2N4O6. The van der Waals surface area contributed by atoms with Crippen LogP contribution in [0.3, 0.4) is 0 Å². The maximum atomic E-state index is 14.3. The fourth-order valence-electron chi connectivity index (χ4n) is 3.49. The third-order valence-electron chi connectivity index (χ3n) is 5.23. The van der Waals surface area contributed by atoms with Crippen molar-refractivity contribution in [3.8, 4) is 11.1 Å². The first-order chi connectivity index (χ1) is 18.3. The van der Waals surface area contributed by atoms with Crippen molar-refractivity contribution in [3.05, 3.63) is 59.7 Å². The molecule has 0 aromatic heterocycles. The van der Waals surface area contributed by atoms with Crippen LogP contribution >= 0.6 is 0 Å². The van der Waals surface area contributed by atoms with Crippen LogP contribution in [0.25, 0.3) is 11.1 Å². The predicted molar refractivity (Wildman–Crippen MR) is 138 cm³/mol. The molecule has 39 heavy (non-hydrogen) atoms. The van der Waals surface area contributed by atoms with Gasteiger partial charge in [-0.25, -0.2) is 8.78 Å². The van der Waals surface area contributed by atoms with Gasteiger partial charge in [0.25, 0.3) is 5.91 Å². The van der Waals surface area contributed by atoms with Crippen molar-refractivity contribution in [2.24, 2.45) is 0 Å². The van der Waals surface area contributed by atoms with Crippen molar-refractivity contribution in [2.75, 3.05) is 13.1 Å². The van der Waals surface area contributed by atoms with Crippen LogP contribution in [0.2, 0.25) is 0 Å². The Balaban J connectivity index is 1.98. The summed E-state index contributed by atoms with van der Waals surface area (Å²) >= 11 is 0. The Bertz CT molecular complexity index is 1230. The first-order valence-corrected chi connectivity index (χ1v) is 12.2. The molecule has 1 unspecified atom stereocenters. The van der Waals surface area contributed by atoms with E-state index in [9.17, 15) is 32.8 Å². The molecule has 2 aromatic rings. The summed E-state index contributed by atoms with van der Waals surface area (Å²) in [6, 6.07) is 8.20. The number of rotatable bonds is 12. The van der Waals surface area contributed by atoms with Gasteiger partial charge in [-0.2, -0.15) is 0 Å². The average Bonchev–Trinajstić information content (AvgIpc) is 2.84. The molecule has 2 rings (SSSR count). The topological polar surface area (TPSA) is 154 Å². The summed E-state index contributed by atoms with van der Waals surface area (Å²) in [6.07, 6.45) is -1.23. The smallest absolute Gasteiger partial charge is 0.303 e. The third kappa shape index (κ3) is 10.5. The summed E-state index contributed by atoms with van der Waals surface area (Å²) in [6.45, 7) is 4.97. The molecular weight excluding hydrogens is 514 g/mol. The number of carbonyl (C=O) groups excluding carboxylic acids is 4. The molecule has 0 spiro atoms. The zero-order chi connectivity index (χ0) is 29.2. The van der Waals surface area contributed by atoms with E-state index < -0.39 is 65.7 Å². The molecule has 2 aromatic carbocycles. The van der Waals surface area contributed by atoms with E-state index in [-0.39, 0.29) is 30.6 Å². The largest absolute Gasteiger partial charge is 0.481 e. The number of carbonyl (C=O) groups is 5. The number of carboxylic acids is 1. The number of amides is 4. The highest BCUT2D eigenvalue weighted by Crippen LogP contribution is 2.24. The Kier molecular flexibility index (Phi) is 11.1. The molecule has 0 fully saturated rings. The fraction of sp³-hybridized carbons (Fsp3) is 0.370. The average molecular weight is 547 g/mol. The first kappa shape index (κ1) is 30.9. The van der Waals surface area contributed by atoms with Crippen molar-refractivity contribution < 1.29 is 37.9 Å². The Morgan fingerprint density at radius 2 is 1.54 bits per heavy atom. The van der Waals surface area contributed by atoms with E-state index in [1.165, 1.54) is 30.3 Å². The van der Waals surface area contributed by atoms with Gasteiger partial charge in [-0.15, -0.1) is 0 Å². The number of carboxylic acid groups (broad SMARTS) is 1. The van der Waals surface area contributed by atoms with E-state index in [1.807, 2.05) is 0 Å². The monoisotopic (exact) mass is 546 g/mol. The number of benzene rings is 2. The van der Waals surface area contributed by atoms with Gasteiger partial charge in [-0.3, -0.25) is 24.0 Å². The van der Waals surface area contributed by atoms with E-state index in [1.54, 1.807) is 26.8 Å². The highest BCUT2D eigenvalue weighted by Gasteiger charge is 2.26. The lowest BCUT2D eigenvalue weighted by atomic mass is 10.0. The number of halogens is 2. The summed E-state index contributed by atoms with van der Waals surface area (Å²) in [7, 11) is 0. The van der Waals surface area contributed by atoms with Gasteiger partial charge in [0, 0.05) is 30.6 Å². The summed E-state index contributed by atoms with van der Waals surface area (Å²) in [4.78, 5) is 60.4. The highest BCUT2D eigenvalue weighted by atomic mass is 19.1. The number of hydrogen-bond acceptors (Lipinski definition) is 5. The van der Waals surface area contributed by atoms with Crippen LogP contribution in [0, 0.1) is 11.6 Å². The van der Waals surface area contributed by atoms with Gasteiger partial charge in [0.2, 0.25) is 17.7 Å². The van der Waals surface area contributed by atoms with Gasteiger partial charge in [0.05, 0.1) is 18.4 Å². The molecule has 0 aliphatic heterocycles. The van der Waals surface area contributed by atoms with Crippen molar-refractivity contribution in [1.82, 2.24) is 21.3 Å². The van der Waals surface area contributed by atoms with E-state index in [0.29, 0.717) is 5.56 Å². The maximum absolute atomic E-state index is 14.3. The third-order valence-corrected chi connectivity index (χ3v) is 5.23. The molecule has 1 atom stereocenters. The highest BCUT2D eigenvalue weighted by molar-refractivity contribution is 5.96. The Hall–Kier alpha value is -4.35. The van der Waals surface area contributed by atoms with Gasteiger partial charge in [-0.05, 0) is 44.5 Å². The minimum atomic E-state index is -1.29. The second kappa shape index (κ2) is 14.0. The first-order valence-electron chi connectivity index (χ1n) is 12.2. The van der Waals surface area contributed by atoms with Gasteiger partial charge in [0.1, 0.15) is 17.7 Å². The van der Waals surface area contributed by atoms with Crippen LogP contribution in [0.1, 0.15) is 50.4 Å². The molecule has 0 heterocycles. The summed E-state index contributed by atoms with van der Waals surface area (Å²) in [5.74, 6) is -5.29. The molecule has 0 saturated heterocycles. The Morgan fingerprint density at radius 3 is 2.18 bits per heavy atom. The van der Waals surface area contributed by atoms with E-state index in [4.69, 9.17) is 5.11 Å². The van der Waals surface area contributed by atoms with Gasteiger partial charge >= 0.3 is 5.97 Å². The lowest BCUT2D eigenvalue weighted by molar-refractivity contribution is -0.139. The van der Waals surface area contributed by atoms with E-state index >= 15 is 0 Å². The van der Waals surface area contributed by atoms with Crippen molar-refractivity contribution in [2.45, 2.75) is 51.6 Å². The van der Waals surface area contributed by atoms with Crippen LogP contribution in [0.5, 0.6) is 0 Å². The zero-order valence-electron chi connectivity index (χ0n) is 21.9. The SMILES string of the molecule is CC(C)(C)NC(=O)CC(NC(=O)CCC(=O)O)C(=O)NCCNC(=O)c1cc(-c2ccccc2F)ccc1F. The Morgan fingerprint density at radius 1 is 0.872 bits per heavy atom. The second-order valence-electron chi connectivity index (χ2n) is 9.74. The lowest BCUT2D eigenvalue weighted by Crippen LogP contribution is -2.51. The van der Waals surface area contributed by atoms with E-state index in [0.717, 1.165) is 6.07 Å². The maximum Gasteiger partial charge on any atom is 0.303 e. The number of aliphatic carboxylic acids is 1. The van der Waals surface area contributed by atoms with Gasteiger partial charge < -0.3 is 26.4 Å². The number of hydrogen-bond donors (Lipinski definition) is 5. The molecule has 4 amide bonds. The molecule has 10 nitrogen and oxygen atoms in total. The minimum Gasteiger partial charge on any atom is -0.481 e.